The number of anilines is 3. The summed E-state index contributed by atoms with van der Waals surface area (Å²) in [6.07, 6.45) is 5.18. The highest BCUT2D eigenvalue weighted by atomic mass is 35.5. The van der Waals surface area contributed by atoms with Crippen molar-refractivity contribution in [3.05, 3.63) is 69.3 Å². The number of halogens is 2. The third-order valence-electron chi connectivity index (χ3n) is 6.33. The van der Waals surface area contributed by atoms with Crippen molar-refractivity contribution in [2.24, 2.45) is 0 Å². The van der Waals surface area contributed by atoms with Crippen molar-refractivity contribution >= 4 is 46.4 Å². The summed E-state index contributed by atoms with van der Waals surface area (Å²) >= 11 is 12.5. The maximum Gasteiger partial charge on any atom is 0.268 e. The number of hydrogen-bond donors (Lipinski definition) is 1. The van der Waals surface area contributed by atoms with E-state index < -0.39 is 0 Å². The van der Waals surface area contributed by atoms with Gasteiger partial charge >= 0.3 is 0 Å². The summed E-state index contributed by atoms with van der Waals surface area (Å²) in [6, 6.07) is 12.3. The molecular weight excluding hydrogens is 461 g/mol. The lowest BCUT2D eigenvalue weighted by molar-refractivity contribution is 0.0932. The Morgan fingerprint density at radius 3 is 2.70 bits per heavy atom. The molecule has 0 bridgehead atoms. The van der Waals surface area contributed by atoms with Gasteiger partial charge in [0.25, 0.3) is 5.91 Å². The highest BCUT2D eigenvalue weighted by Gasteiger charge is 2.32. The van der Waals surface area contributed by atoms with Gasteiger partial charge in [-0.25, -0.2) is 4.98 Å². The molecule has 1 N–H and O–H groups in total. The van der Waals surface area contributed by atoms with Crippen LogP contribution in [0.1, 0.15) is 34.3 Å². The lowest BCUT2D eigenvalue weighted by atomic mass is 9.99. The Morgan fingerprint density at radius 1 is 1.09 bits per heavy atom. The van der Waals surface area contributed by atoms with E-state index in [9.17, 15) is 4.79 Å². The highest BCUT2D eigenvalue weighted by Crippen LogP contribution is 2.37. The van der Waals surface area contributed by atoms with Crippen LogP contribution in [-0.2, 0) is 13.0 Å². The quantitative estimate of drug-likeness (QED) is 0.562. The normalized spacial score (nSPS) is 17.9. The lowest BCUT2D eigenvalue weighted by Crippen LogP contribution is -2.39. The van der Waals surface area contributed by atoms with E-state index in [1.54, 1.807) is 18.2 Å². The van der Waals surface area contributed by atoms with E-state index in [2.05, 4.69) is 32.3 Å². The van der Waals surface area contributed by atoms with Gasteiger partial charge in [-0.05, 0) is 54.7 Å². The zero-order chi connectivity index (χ0) is 22.5. The van der Waals surface area contributed by atoms with Gasteiger partial charge in [-0.1, -0.05) is 35.3 Å². The van der Waals surface area contributed by atoms with Crippen molar-refractivity contribution in [1.29, 1.82) is 0 Å². The van der Waals surface area contributed by atoms with Crippen LogP contribution in [0.5, 0.6) is 5.88 Å². The average molecular weight is 482 g/mol. The maximum atomic E-state index is 13.1. The molecule has 0 unspecified atom stereocenters. The third kappa shape index (κ3) is 3.90. The molecule has 33 heavy (non-hydrogen) atoms. The summed E-state index contributed by atoms with van der Waals surface area (Å²) in [4.78, 5) is 25.8. The SMILES string of the molecule is O=C1c2cnc(Nc3ccc4c(c3)CCN(C3CC3)C4)nc2OCN1c1c(Cl)cccc1Cl. The summed E-state index contributed by atoms with van der Waals surface area (Å²) < 4.78 is 5.77. The largest absolute Gasteiger partial charge is 0.455 e. The van der Waals surface area contributed by atoms with Crippen LogP contribution in [0, 0.1) is 0 Å². The Hall–Kier alpha value is -2.87. The lowest BCUT2D eigenvalue weighted by Gasteiger charge is -2.29. The summed E-state index contributed by atoms with van der Waals surface area (Å²) in [5, 5.41) is 3.98. The number of carbonyl (C=O) groups is 1. The number of benzene rings is 2. The van der Waals surface area contributed by atoms with Gasteiger partial charge in [-0.15, -0.1) is 0 Å². The molecule has 0 spiro atoms. The number of aromatic nitrogens is 2. The molecule has 7 nitrogen and oxygen atoms in total. The molecule has 1 fully saturated rings. The van der Waals surface area contributed by atoms with Crippen LogP contribution in [0.3, 0.4) is 0 Å². The van der Waals surface area contributed by atoms with Crippen molar-refractivity contribution in [3.8, 4) is 5.88 Å². The number of hydrogen-bond acceptors (Lipinski definition) is 6. The predicted octanol–water partition coefficient (Wildman–Crippen LogP) is 5.04. The molecule has 3 heterocycles. The van der Waals surface area contributed by atoms with Gasteiger partial charge in [0.15, 0.2) is 6.73 Å². The average Bonchev–Trinajstić information content (AvgIpc) is 3.66. The van der Waals surface area contributed by atoms with Gasteiger partial charge in [0.2, 0.25) is 11.8 Å². The van der Waals surface area contributed by atoms with Crippen LogP contribution in [0.25, 0.3) is 0 Å². The highest BCUT2D eigenvalue weighted by molar-refractivity contribution is 6.40. The molecule has 168 valence electrons. The van der Waals surface area contributed by atoms with E-state index in [1.807, 2.05) is 6.07 Å². The van der Waals surface area contributed by atoms with Crippen LogP contribution in [-0.4, -0.2) is 40.1 Å². The molecule has 3 aromatic rings. The molecule has 2 aliphatic heterocycles. The number of fused-ring (bicyclic) bond motifs is 2. The number of ether oxygens (including phenoxy) is 1. The molecule has 9 heteroatoms. The summed E-state index contributed by atoms with van der Waals surface area (Å²) in [6.45, 7) is 2.10. The minimum Gasteiger partial charge on any atom is -0.455 e. The first kappa shape index (κ1) is 20.7. The van der Waals surface area contributed by atoms with E-state index in [-0.39, 0.29) is 24.1 Å². The second kappa shape index (κ2) is 8.17. The van der Waals surface area contributed by atoms with Crippen molar-refractivity contribution in [2.75, 3.05) is 23.5 Å². The molecule has 1 aliphatic carbocycles. The maximum absolute atomic E-state index is 13.1. The van der Waals surface area contributed by atoms with Gasteiger partial charge in [0.1, 0.15) is 5.56 Å². The molecule has 0 atom stereocenters. The molecule has 0 radical (unpaired) electrons. The minimum absolute atomic E-state index is 0.0396. The first-order chi connectivity index (χ1) is 16.1. The number of nitrogens with one attached hydrogen (secondary N) is 1. The van der Waals surface area contributed by atoms with Gasteiger partial charge in [0, 0.05) is 31.0 Å². The molecule has 1 saturated carbocycles. The number of rotatable bonds is 4. The fraction of sp³-hybridized carbons (Fsp3) is 0.292. The Morgan fingerprint density at radius 2 is 1.91 bits per heavy atom. The standard InChI is InChI=1S/C24H21Cl2N5O2/c25-19-2-1-3-20(26)21(19)31-13-33-22-18(23(31)32)11-27-24(29-22)28-16-5-4-15-12-30(17-6-7-17)9-8-14(15)10-16/h1-5,10-11,17H,6-9,12-13H2,(H,27,28,29). The molecule has 2 aromatic carbocycles. The summed E-state index contributed by atoms with van der Waals surface area (Å²) in [5.74, 6) is 0.294. The fourth-order valence-corrected chi connectivity index (χ4v) is 5.06. The minimum atomic E-state index is -0.313. The fourth-order valence-electron chi connectivity index (χ4n) is 4.46. The second-order valence-corrected chi connectivity index (χ2v) is 9.36. The van der Waals surface area contributed by atoms with E-state index in [1.165, 1.54) is 35.1 Å². The second-order valence-electron chi connectivity index (χ2n) is 8.55. The van der Waals surface area contributed by atoms with Gasteiger partial charge in [-0.3, -0.25) is 14.6 Å². The van der Waals surface area contributed by atoms with Crippen LogP contribution in [0.2, 0.25) is 10.0 Å². The Bertz CT molecular complexity index is 1240. The molecule has 0 saturated heterocycles. The number of para-hydroxylation sites is 1. The topological polar surface area (TPSA) is 70.6 Å². The Balaban J connectivity index is 1.21. The first-order valence-electron chi connectivity index (χ1n) is 11.0. The van der Waals surface area contributed by atoms with Crippen LogP contribution in [0.4, 0.5) is 17.3 Å². The predicted molar refractivity (Wildman–Crippen MR) is 128 cm³/mol. The van der Waals surface area contributed by atoms with Crippen LogP contribution >= 0.6 is 23.2 Å². The molecule has 6 rings (SSSR count). The van der Waals surface area contributed by atoms with Crippen LogP contribution in [0.15, 0.2) is 42.6 Å². The zero-order valence-corrected chi connectivity index (χ0v) is 19.2. The van der Waals surface area contributed by atoms with E-state index in [4.69, 9.17) is 27.9 Å². The van der Waals surface area contributed by atoms with Crippen molar-refractivity contribution in [2.45, 2.75) is 31.8 Å². The Kier molecular flexibility index (Phi) is 5.13. The molecule has 3 aliphatic rings. The van der Waals surface area contributed by atoms with Crippen molar-refractivity contribution in [3.63, 3.8) is 0 Å². The smallest absolute Gasteiger partial charge is 0.268 e. The van der Waals surface area contributed by atoms with E-state index >= 15 is 0 Å². The number of amides is 1. The van der Waals surface area contributed by atoms with E-state index in [0.717, 1.165) is 31.2 Å². The molecule has 1 aromatic heterocycles. The van der Waals surface area contributed by atoms with Gasteiger partial charge < -0.3 is 10.1 Å². The number of nitrogens with zero attached hydrogens (tertiary/aromatic N) is 4. The van der Waals surface area contributed by atoms with Gasteiger partial charge in [-0.2, -0.15) is 4.98 Å². The molecule has 1 amide bonds. The summed E-state index contributed by atoms with van der Waals surface area (Å²) in [5.41, 5.74) is 4.33. The summed E-state index contributed by atoms with van der Waals surface area (Å²) in [7, 11) is 0. The van der Waals surface area contributed by atoms with Gasteiger partial charge in [0.05, 0.1) is 15.7 Å². The van der Waals surface area contributed by atoms with Crippen molar-refractivity contribution in [1.82, 2.24) is 14.9 Å². The van der Waals surface area contributed by atoms with E-state index in [0.29, 0.717) is 21.7 Å². The third-order valence-corrected chi connectivity index (χ3v) is 6.94. The first-order valence-corrected chi connectivity index (χ1v) is 11.7. The van der Waals surface area contributed by atoms with Crippen LogP contribution < -0.4 is 15.0 Å². The zero-order valence-electron chi connectivity index (χ0n) is 17.7. The number of carbonyl (C=O) groups excluding carboxylic acids is 1. The molecular formula is C24H21Cl2N5O2. The Labute approximate surface area is 201 Å². The monoisotopic (exact) mass is 481 g/mol. The van der Waals surface area contributed by atoms with Crippen molar-refractivity contribution < 1.29 is 9.53 Å².